The Kier molecular flexibility index (Phi) is 3.58. The zero-order valence-electron chi connectivity index (χ0n) is 11.8. The minimum absolute atomic E-state index is 0.497. The number of hydrogen-bond donors (Lipinski definition) is 0. The molecule has 0 aliphatic carbocycles. The van der Waals surface area contributed by atoms with Gasteiger partial charge < -0.3 is 9.30 Å². The highest BCUT2D eigenvalue weighted by Crippen LogP contribution is 2.23. The molecule has 3 rings (SSSR count). The number of morpholine rings is 1. The number of aryl methyl sites for hydroxylation is 1. The van der Waals surface area contributed by atoms with Gasteiger partial charge in [0.25, 0.3) is 0 Å². The van der Waals surface area contributed by atoms with Crippen molar-refractivity contribution < 1.29 is 4.74 Å². The molecule has 1 saturated heterocycles. The van der Waals surface area contributed by atoms with E-state index in [1.807, 2.05) is 0 Å². The Morgan fingerprint density at radius 1 is 1.21 bits per heavy atom. The molecule has 0 saturated carbocycles. The first-order valence-electron chi connectivity index (χ1n) is 7.12. The molecule has 1 aromatic heterocycles. The number of fused-ring (bicyclic) bond motifs is 1. The molecule has 1 fully saturated rings. The summed E-state index contributed by atoms with van der Waals surface area (Å²) in [4.78, 5) is 2.50. The van der Waals surface area contributed by atoms with Gasteiger partial charge in [-0.25, -0.2) is 0 Å². The van der Waals surface area contributed by atoms with Gasteiger partial charge in [-0.3, -0.25) is 4.90 Å². The number of ether oxygens (including phenoxy) is 1. The molecular weight excluding hydrogens is 236 g/mol. The number of rotatable bonds is 3. The van der Waals surface area contributed by atoms with E-state index >= 15 is 0 Å². The normalized spacial score (nSPS) is 18.8. The van der Waals surface area contributed by atoms with Crippen LogP contribution in [0.5, 0.6) is 0 Å². The first-order valence-corrected chi connectivity index (χ1v) is 7.12. The van der Waals surface area contributed by atoms with Gasteiger partial charge in [0.1, 0.15) is 0 Å². The molecule has 0 bridgehead atoms. The Morgan fingerprint density at radius 2 is 2.00 bits per heavy atom. The lowest BCUT2D eigenvalue weighted by Gasteiger charge is -2.30. The van der Waals surface area contributed by atoms with Crippen molar-refractivity contribution in [3.63, 3.8) is 0 Å². The topological polar surface area (TPSA) is 17.4 Å². The molecule has 2 heterocycles. The second-order valence-corrected chi connectivity index (χ2v) is 5.50. The highest BCUT2D eigenvalue weighted by Gasteiger charge is 2.16. The van der Waals surface area contributed by atoms with Crippen molar-refractivity contribution in [2.45, 2.75) is 19.9 Å². The summed E-state index contributed by atoms with van der Waals surface area (Å²) >= 11 is 0. The van der Waals surface area contributed by atoms with Gasteiger partial charge in [0.05, 0.1) is 18.7 Å². The number of nitrogens with zero attached hydrogens (tertiary/aromatic N) is 2. The SMILES string of the molecule is Cc1cccc2ccn(C(C)CN3CCOCC3)c12. The summed E-state index contributed by atoms with van der Waals surface area (Å²) in [7, 11) is 0. The molecule has 3 heteroatoms. The summed E-state index contributed by atoms with van der Waals surface area (Å²) in [5, 5.41) is 1.34. The van der Waals surface area contributed by atoms with Crippen LogP contribution in [0.15, 0.2) is 30.5 Å². The van der Waals surface area contributed by atoms with Crippen molar-refractivity contribution >= 4 is 10.9 Å². The predicted molar refractivity (Wildman–Crippen MR) is 78.6 cm³/mol. The average molecular weight is 258 g/mol. The van der Waals surface area contributed by atoms with Gasteiger partial charge in [0.15, 0.2) is 0 Å². The molecule has 0 amide bonds. The van der Waals surface area contributed by atoms with Crippen LogP contribution in [0.2, 0.25) is 0 Å². The van der Waals surface area contributed by atoms with Gasteiger partial charge >= 0.3 is 0 Å². The molecule has 1 aliphatic heterocycles. The molecule has 1 atom stereocenters. The molecule has 0 spiro atoms. The average Bonchev–Trinajstić information content (AvgIpc) is 2.85. The summed E-state index contributed by atoms with van der Waals surface area (Å²) in [6.07, 6.45) is 2.22. The van der Waals surface area contributed by atoms with Crippen molar-refractivity contribution in [3.05, 3.63) is 36.0 Å². The second-order valence-electron chi connectivity index (χ2n) is 5.50. The Bertz CT molecular complexity index is 555. The van der Waals surface area contributed by atoms with Crippen molar-refractivity contribution in [1.29, 1.82) is 0 Å². The Hall–Kier alpha value is -1.32. The zero-order chi connectivity index (χ0) is 13.2. The minimum Gasteiger partial charge on any atom is -0.379 e. The monoisotopic (exact) mass is 258 g/mol. The van der Waals surface area contributed by atoms with Crippen LogP contribution in [0.25, 0.3) is 10.9 Å². The van der Waals surface area contributed by atoms with Crippen LogP contribution in [0, 0.1) is 6.92 Å². The number of benzene rings is 1. The Labute approximate surface area is 114 Å². The van der Waals surface area contributed by atoms with E-state index in [1.54, 1.807) is 0 Å². The van der Waals surface area contributed by atoms with Crippen LogP contribution in [0.1, 0.15) is 18.5 Å². The van der Waals surface area contributed by atoms with Crippen LogP contribution >= 0.6 is 0 Å². The highest BCUT2D eigenvalue weighted by atomic mass is 16.5. The fraction of sp³-hybridized carbons (Fsp3) is 0.500. The van der Waals surface area contributed by atoms with E-state index in [9.17, 15) is 0 Å². The lowest BCUT2D eigenvalue weighted by molar-refractivity contribution is 0.0328. The Balaban J connectivity index is 1.83. The molecule has 19 heavy (non-hydrogen) atoms. The van der Waals surface area contributed by atoms with Crippen LogP contribution in [0.3, 0.4) is 0 Å². The van der Waals surface area contributed by atoms with Crippen LogP contribution in [-0.4, -0.2) is 42.3 Å². The van der Waals surface area contributed by atoms with Crippen LogP contribution < -0.4 is 0 Å². The molecule has 1 unspecified atom stereocenters. The minimum atomic E-state index is 0.497. The number of aromatic nitrogens is 1. The third-order valence-electron chi connectivity index (χ3n) is 4.04. The third kappa shape index (κ3) is 2.53. The smallest absolute Gasteiger partial charge is 0.0594 e. The standard InChI is InChI=1S/C16H22N2O/c1-13-4-3-5-15-6-7-18(16(13)15)14(2)12-17-8-10-19-11-9-17/h3-7,14H,8-12H2,1-2H3. The van der Waals surface area contributed by atoms with Crippen LogP contribution in [0.4, 0.5) is 0 Å². The maximum absolute atomic E-state index is 5.41. The molecule has 1 aliphatic rings. The summed E-state index contributed by atoms with van der Waals surface area (Å²) < 4.78 is 7.83. The van der Waals surface area contributed by atoms with Crippen molar-refractivity contribution in [1.82, 2.24) is 9.47 Å². The summed E-state index contributed by atoms with van der Waals surface area (Å²) in [5.74, 6) is 0. The van der Waals surface area contributed by atoms with E-state index < -0.39 is 0 Å². The second kappa shape index (κ2) is 5.35. The maximum atomic E-state index is 5.41. The first-order chi connectivity index (χ1) is 9.25. The molecule has 2 aromatic rings. The van der Waals surface area contributed by atoms with E-state index in [1.165, 1.54) is 16.5 Å². The molecular formula is C16H22N2O. The molecule has 102 valence electrons. The van der Waals surface area contributed by atoms with E-state index in [2.05, 4.69) is 53.8 Å². The zero-order valence-corrected chi connectivity index (χ0v) is 11.8. The van der Waals surface area contributed by atoms with Gasteiger partial charge in [-0.15, -0.1) is 0 Å². The lowest BCUT2D eigenvalue weighted by Crippen LogP contribution is -2.39. The van der Waals surface area contributed by atoms with Crippen molar-refractivity contribution in [2.75, 3.05) is 32.8 Å². The number of hydrogen-bond acceptors (Lipinski definition) is 2. The van der Waals surface area contributed by atoms with Crippen molar-refractivity contribution in [3.8, 4) is 0 Å². The van der Waals surface area contributed by atoms with E-state index in [0.717, 1.165) is 32.8 Å². The van der Waals surface area contributed by atoms with Gasteiger partial charge in [0.2, 0.25) is 0 Å². The maximum Gasteiger partial charge on any atom is 0.0594 e. The number of para-hydroxylation sites is 1. The third-order valence-corrected chi connectivity index (χ3v) is 4.04. The van der Waals surface area contributed by atoms with E-state index in [-0.39, 0.29) is 0 Å². The fourth-order valence-electron chi connectivity index (χ4n) is 3.02. The largest absolute Gasteiger partial charge is 0.379 e. The first kappa shape index (κ1) is 12.7. The van der Waals surface area contributed by atoms with Gasteiger partial charge in [-0.05, 0) is 30.9 Å². The lowest BCUT2D eigenvalue weighted by atomic mass is 10.1. The van der Waals surface area contributed by atoms with Gasteiger partial charge in [-0.1, -0.05) is 18.2 Å². The molecule has 0 radical (unpaired) electrons. The van der Waals surface area contributed by atoms with Crippen LogP contribution in [-0.2, 0) is 4.74 Å². The predicted octanol–water partition coefficient (Wildman–Crippen LogP) is 2.84. The molecule has 0 N–H and O–H groups in total. The quantitative estimate of drug-likeness (QED) is 0.842. The van der Waals surface area contributed by atoms with Gasteiger partial charge in [-0.2, -0.15) is 0 Å². The highest BCUT2D eigenvalue weighted by molar-refractivity contribution is 5.83. The Morgan fingerprint density at radius 3 is 2.79 bits per heavy atom. The summed E-state index contributed by atoms with van der Waals surface area (Å²) in [5.41, 5.74) is 2.74. The van der Waals surface area contributed by atoms with Gasteiger partial charge in [0, 0.05) is 31.9 Å². The molecule has 1 aromatic carbocycles. The fourth-order valence-corrected chi connectivity index (χ4v) is 3.02. The summed E-state index contributed by atoms with van der Waals surface area (Å²) in [6, 6.07) is 9.24. The van der Waals surface area contributed by atoms with E-state index in [4.69, 9.17) is 4.74 Å². The molecule has 3 nitrogen and oxygen atoms in total. The van der Waals surface area contributed by atoms with E-state index in [0.29, 0.717) is 6.04 Å². The summed E-state index contributed by atoms with van der Waals surface area (Å²) in [6.45, 7) is 9.46. The van der Waals surface area contributed by atoms with Crippen molar-refractivity contribution in [2.24, 2.45) is 0 Å².